The average molecular weight is 411 g/mol. The zero-order valence-electron chi connectivity index (χ0n) is 16.3. The number of anilines is 1. The molecule has 0 bridgehead atoms. The summed E-state index contributed by atoms with van der Waals surface area (Å²) in [6, 6.07) is 8.67. The largest absolute Gasteiger partial charge is 0.342 e. The van der Waals surface area contributed by atoms with Crippen molar-refractivity contribution < 1.29 is 9.59 Å². The van der Waals surface area contributed by atoms with E-state index in [0.29, 0.717) is 16.5 Å². The van der Waals surface area contributed by atoms with Gasteiger partial charge in [0.15, 0.2) is 11.0 Å². The summed E-state index contributed by atoms with van der Waals surface area (Å²) in [7, 11) is 1.80. The molecule has 3 aromatic rings. The molecule has 0 aliphatic carbocycles. The highest BCUT2D eigenvalue weighted by Crippen LogP contribution is 2.19. The molecule has 150 valence electrons. The van der Waals surface area contributed by atoms with Crippen LogP contribution >= 0.6 is 11.8 Å². The van der Waals surface area contributed by atoms with E-state index >= 15 is 0 Å². The Bertz CT molecular complexity index is 990. The van der Waals surface area contributed by atoms with Crippen LogP contribution in [0.25, 0.3) is 0 Å². The van der Waals surface area contributed by atoms with Crippen LogP contribution < -0.4 is 10.6 Å². The van der Waals surface area contributed by atoms with Gasteiger partial charge in [0.1, 0.15) is 0 Å². The van der Waals surface area contributed by atoms with Crippen molar-refractivity contribution in [1.82, 2.24) is 30.0 Å². The van der Waals surface area contributed by atoms with Crippen LogP contribution in [0.4, 0.5) is 5.95 Å². The number of rotatable bonds is 7. The summed E-state index contributed by atoms with van der Waals surface area (Å²) in [5, 5.41) is 14.4. The van der Waals surface area contributed by atoms with Gasteiger partial charge < -0.3 is 9.88 Å². The Balaban J connectivity index is 1.57. The number of aromatic nitrogens is 5. The highest BCUT2D eigenvalue weighted by molar-refractivity contribution is 7.99. The lowest BCUT2D eigenvalue weighted by Crippen LogP contribution is -2.28. The molecule has 0 aliphatic rings. The van der Waals surface area contributed by atoms with Crippen molar-refractivity contribution >= 4 is 29.5 Å². The molecule has 0 saturated heterocycles. The summed E-state index contributed by atoms with van der Waals surface area (Å²) in [5.74, 6) is 0.557. The van der Waals surface area contributed by atoms with Crippen LogP contribution in [0.2, 0.25) is 0 Å². The first-order valence-corrected chi connectivity index (χ1v) is 9.89. The van der Waals surface area contributed by atoms with Crippen molar-refractivity contribution in [2.45, 2.75) is 25.0 Å². The molecule has 29 heavy (non-hydrogen) atoms. The molecular weight excluding hydrogens is 390 g/mol. The fourth-order valence-electron chi connectivity index (χ4n) is 2.53. The molecule has 0 fully saturated rings. The summed E-state index contributed by atoms with van der Waals surface area (Å²) in [6.45, 7) is 3.81. The second-order valence-electron chi connectivity index (χ2n) is 6.37. The van der Waals surface area contributed by atoms with Crippen molar-refractivity contribution in [1.29, 1.82) is 0 Å². The van der Waals surface area contributed by atoms with E-state index in [1.54, 1.807) is 42.2 Å². The molecule has 2 aromatic heterocycles. The predicted molar refractivity (Wildman–Crippen MR) is 109 cm³/mol. The van der Waals surface area contributed by atoms with Gasteiger partial charge in [-0.2, -0.15) is 0 Å². The maximum absolute atomic E-state index is 12.4. The quantitative estimate of drug-likeness (QED) is 0.572. The summed E-state index contributed by atoms with van der Waals surface area (Å²) >= 11 is 1.24. The number of thioether (sulfide) groups is 1. The molecule has 1 atom stereocenters. The number of amides is 2. The first-order chi connectivity index (χ1) is 13.9. The molecule has 0 saturated carbocycles. The lowest BCUT2D eigenvalue weighted by Gasteiger charge is -2.13. The number of carbonyl (C=O) groups excluding carboxylic acids is 2. The molecule has 2 amide bonds. The van der Waals surface area contributed by atoms with Gasteiger partial charge in [0, 0.05) is 25.0 Å². The van der Waals surface area contributed by atoms with E-state index in [1.165, 1.54) is 11.8 Å². The SMILES string of the molecule is Cc1ccc(C(=O)N[C@H](C)c2nnc(SCC(=O)Nc3ncccn3)n2C)cc1. The number of aryl methyl sites for hydroxylation is 1. The molecule has 2 N–H and O–H groups in total. The van der Waals surface area contributed by atoms with Crippen LogP contribution in [0.5, 0.6) is 0 Å². The van der Waals surface area contributed by atoms with Crippen LogP contribution in [0.3, 0.4) is 0 Å². The van der Waals surface area contributed by atoms with Gasteiger partial charge >= 0.3 is 0 Å². The van der Waals surface area contributed by atoms with E-state index in [2.05, 4.69) is 30.8 Å². The Labute approximate surface area is 172 Å². The van der Waals surface area contributed by atoms with Crippen molar-refractivity contribution in [3.8, 4) is 0 Å². The number of hydrogen-bond donors (Lipinski definition) is 2. The lowest BCUT2D eigenvalue weighted by atomic mass is 10.1. The third-order valence-corrected chi connectivity index (χ3v) is 5.09. The average Bonchev–Trinajstić information content (AvgIpc) is 3.08. The van der Waals surface area contributed by atoms with Gasteiger partial charge in [0.25, 0.3) is 5.91 Å². The fourth-order valence-corrected chi connectivity index (χ4v) is 3.25. The second kappa shape index (κ2) is 9.28. The van der Waals surface area contributed by atoms with E-state index < -0.39 is 0 Å². The molecule has 0 spiro atoms. The third-order valence-electron chi connectivity index (χ3n) is 4.07. The van der Waals surface area contributed by atoms with Crippen molar-refractivity contribution in [2.75, 3.05) is 11.1 Å². The lowest BCUT2D eigenvalue weighted by molar-refractivity contribution is -0.113. The zero-order valence-corrected chi connectivity index (χ0v) is 17.1. The number of nitrogens with zero attached hydrogens (tertiary/aromatic N) is 5. The van der Waals surface area contributed by atoms with Gasteiger partial charge in [-0.05, 0) is 32.0 Å². The minimum absolute atomic E-state index is 0.133. The van der Waals surface area contributed by atoms with Gasteiger partial charge in [-0.3, -0.25) is 14.9 Å². The van der Waals surface area contributed by atoms with Crippen LogP contribution in [0.1, 0.15) is 34.7 Å². The van der Waals surface area contributed by atoms with Crippen molar-refractivity contribution in [3.05, 3.63) is 59.7 Å². The van der Waals surface area contributed by atoms with Crippen LogP contribution in [-0.2, 0) is 11.8 Å². The number of nitrogens with one attached hydrogen (secondary N) is 2. The molecule has 0 aliphatic heterocycles. The van der Waals surface area contributed by atoms with E-state index in [1.807, 2.05) is 26.0 Å². The van der Waals surface area contributed by atoms with Gasteiger partial charge in [-0.25, -0.2) is 9.97 Å². The molecular formula is C19H21N7O2S. The van der Waals surface area contributed by atoms with Gasteiger partial charge in [0.2, 0.25) is 11.9 Å². The Kier molecular flexibility index (Phi) is 6.55. The van der Waals surface area contributed by atoms with Crippen LogP contribution in [0.15, 0.2) is 47.9 Å². The van der Waals surface area contributed by atoms with E-state index in [-0.39, 0.29) is 29.6 Å². The summed E-state index contributed by atoms with van der Waals surface area (Å²) in [5.41, 5.74) is 1.67. The normalized spacial score (nSPS) is 11.7. The molecule has 1 aromatic carbocycles. The number of benzene rings is 1. The highest BCUT2D eigenvalue weighted by atomic mass is 32.2. The number of hydrogen-bond acceptors (Lipinski definition) is 7. The minimum atomic E-state index is -0.345. The van der Waals surface area contributed by atoms with E-state index in [9.17, 15) is 9.59 Å². The molecule has 0 unspecified atom stereocenters. The Morgan fingerprint density at radius 3 is 2.52 bits per heavy atom. The van der Waals surface area contributed by atoms with Crippen molar-refractivity contribution in [2.24, 2.45) is 7.05 Å². The summed E-state index contributed by atoms with van der Waals surface area (Å²) in [6.07, 6.45) is 3.11. The molecule has 0 radical (unpaired) electrons. The first kappa shape index (κ1) is 20.5. The fraction of sp³-hybridized carbons (Fsp3) is 0.263. The highest BCUT2D eigenvalue weighted by Gasteiger charge is 2.19. The molecule has 2 heterocycles. The van der Waals surface area contributed by atoms with Gasteiger partial charge in [0.05, 0.1) is 11.8 Å². The van der Waals surface area contributed by atoms with E-state index in [0.717, 1.165) is 5.56 Å². The standard InChI is InChI=1S/C19H21N7O2S/c1-12-5-7-14(8-6-12)17(28)22-13(2)16-24-25-19(26(16)3)29-11-15(27)23-18-20-9-4-10-21-18/h4-10,13H,11H2,1-3H3,(H,22,28)(H,20,21,23,27)/t13-/m1/s1. The van der Waals surface area contributed by atoms with Crippen LogP contribution in [0, 0.1) is 6.92 Å². The topological polar surface area (TPSA) is 115 Å². The number of carbonyl (C=O) groups is 2. The summed E-state index contributed by atoms with van der Waals surface area (Å²) in [4.78, 5) is 32.3. The smallest absolute Gasteiger partial charge is 0.251 e. The first-order valence-electron chi connectivity index (χ1n) is 8.90. The molecule has 10 heteroatoms. The zero-order chi connectivity index (χ0) is 20.8. The summed E-state index contributed by atoms with van der Waals surface area (Å²) < 4.78 is 1.76. The maximum Gasteiger partial charge on any atom is 0.251 e. The Morgan fingerprint density at radius 1 is 1.14 bits per heavy atom. The minimum Gasteiger partial charge on any atom is -0.342 e. The second-order valence-corrected chi connectivity index (χ2v) is 7.31. The Hall–Kier alpha value is -3.27. The van der Waals surface area contributed by atoms with Crippen molar-refractivity contribution in [3.63, 3.8) is 0 Å². The molecule has 9 nitrogen and oxygen atoms in total. The predicted octanol–water partition coefficient (Wildman–Crippen LogP) is 2.14. The molecule has 3 rings (SSSR count). The van der Waals surface area contributed by atoms with Crippen LogP contribution in [-0.4, -0.2) is 42.3 Å². The Morgan fingerprint density at radius 2 is 1.83 bits per heavy atom. The third kappa shape index (κ3) is 5.38. The van der Waals surface area contributed by atoms with Gasteiger partial charge in [-0.15, -0.1) is 10.2 Å². The maximum atomic E-state index is 12.4. The monoisotopic (exact) mass is 411 g/mol. The van der Waals surface area contributed by atoms with Gasteiger partial charge in [-0.1, -0.05) is 29.5 Å². The van der Waals surface area contributed by atoms with E-state index in [4.69, 9.17) is 0 Å².